The number of pyridine rings is 1. The number of aromatic nitrogens is 5. The summed E-state index contributed by atoms with van der Waals surface area (Å²) in [6.45, 7) is 6.84. The molecule has 1 N–H and O–H groups in total. The van der Waals surface area contributed by atoms with E-state index < -0.39 is 0 Å². The molecule has 0 spiro atoms. The number of hydrogen-bond donors (Lipinski definition) is 1. The van der Waals surface area contributed by atoms with Crippen LogP contribution < -0.4 is 4.90 Å². The molecule has 156 valence electrons. The highest BCUT2D eigenvalue weighted by Crippen LogP contribution is 2.37. The van der Waals surface area contributed by atoms with Crippen LogP contribution in [0.25, 0.3) is 17.1 Å². The Morgan fingerprint density at radius 1 is 1.06 bits per heavy atom. The average molecular weight is 412 g/mol. The van der Waals surface area contributed by atoms with Gasteiger partial charge in [0.15, 0.2) is 5.82 Å². The molecule has 1 aromatic carbocycles. The van der Waals surface area contributed by atoms with Crippen LogP contribution in [0.4, 0.5) is 5.82 Å². The summed E-state index contributed by atoms with van der Waals surface area (Å²) in [5.41, 5.74) is 7.37. The minimum Gasteiger partial charge on any atom is -0.390 e. The SMILES string of the molecule is Cc1cn(-c2ccc(-c3cc(C)c(N4Cc5ccccc5C4C)nn3)nc2CO)cn1. The highest BCUT2D eigenvalue weighted by molar-refractivity contribution is 5.61. The third-order valence-electron chi connectivity index (χ3n) is 5.90. The van der Waals surface area contributed by atoms with Crippen molar-refractivity contribution in [2.24, 2.45) is 0 Å². The Hall–Kier alpha value is -3.58. The van der Waals surface area contributed by atoms with E-state index in [4.69, 9.17) is 0 Å². The number of aliphatic hydroxyl groups excluding tert-OH is 1. The van der Waals surface area contributed by atoms with Crippen LogP contribution in [0.3, 0.4) is 0 Å². The molecule has 4 heterocycles. The zero-order chi connectivity index (χ0) is 21.5. The van der Waals surface area contributed by atoms with Crippen LogP contribution in [0, 0.1) is 13.8 Å². The third-order valence-corrected chi connectivity index (χ3v) is 5.90. The van der Waals surface area contributed by atoms with Crippen LogP contribution in [0.2, 0.25) is 0 Å². The molecule has 5 rings (SSSR count). The number of aliphatic hydroxyl groups is 1. The molecular formula is C24H24N6O. The molecule has 1 unspecified atom stereocenters. The van der Waals surface area contributed by atoms with Gasteiger partial charge < -0.3 is 14.6 Å². The van der Waals surface area contributed by atoms with Gasteiger partial charge in [-0.15, -0.1) is 10.2 Å². The first kappa shape index (κ1) is 19.4. The number of hydrogen-bond acceptors (Lipinski definition) is 6. The maximum atomic E-state index is 9.88. The minimum atomic E-state index is -0.172. The van der Waals surface area contributed by atoms with Gasteiger partial charge in [0.1, 0.15) is 5.69 Å². The highest BCUT2D eigenvalue weighted by atomic mass is 16.3. The van der Waals surface area contributed by atoms with Crippen molar-refractivity contribution >= 4 is 5.82 Å². The Labute approximate surface area is 181 Å². The normalized spacial score (nSPS) is 15.4. The van der Waals surface area contributed by atoms with Crippen LogP contribution in [-0.2, 0) is 13.2 Å². The summed E-state index contributed by atoms with van der Waals surface area (Å²) in [4.78, 5) is 11.2. The number of anilines is 1. The van der Waals surface area contributed by atoms with Crippen LogP contribution >= 0.6 is 0 Å². The van der Waals surface area contributed by atoms with E-state index in [2.05, 4.69) is 63.2 Å². The number of benzene rings is 1. The Balaban J connectivity index is 1.47. The van der Waals surface area contributed by atoms with Crippen LogP contribution in [0.1, 0.15) is 41.0 Å². The topological polar surface area (TPSA) is 80.0 Å². The summed E-state index contributed by atoms with van der Waals surface area (Å²) in [6, 6.07) is 14.6. The molecule has 0 fully saturated rings. The monoisotopic (exact) mass is 412 g/mol. The Morgan fingerprint density at radius 3 is 2.61 bits per heavy atom. The number of imidazole rings is 1. The van der Waals surface area contributed by atoms with E-state index in [1.165, 1.54) is 11.1 Å². The fourth-order valence-electron chi connectivity index (χ4n) is 4.26. The van der Waals surface area contributed by atoms with Gasteiger partial charge in [0, 0.05) is 12.7 Å². The van der Waals surface area contributed by atoms with Gasteiger partial charge in [-0.05, 0) is 55.7 Å². The molecule has 3 aromatic heterocycles. The Morgan fingerprint density at radius 2 is 1.90 bits per heavy atom. The number of nitrogens with zero attached hydrogens (tertiary/aromatic N) is 6. The molecular weight excluding hydrogens is 388 g/mol. The summed E-state index contributed by atoms with van der Waals surface area (Å²) in [5, 5.41) is 18.9. The second kappa shape index (κ2) is 7.59. The van der Waals surface area contributed by atoms with Crippen LogP contribution in [0.15, 0.2) is 55.0 Å². The fourth-order valence-corrected chi connectivity index (χ4v) is 4.26. The maximum absolute atomic E-state index is 9.88. The molecule has 0 amide bonds. The van der Waals surface area contributed by atoms with Gasteiger partial charge in [-0.3, -0.25) is 0 Å². The van der Waals surface area contributed by atoms with Gasteiger partial charge in [0.05, 0.1) is 41.7 Å². The lowest BCUT2D eigenvalue weighted by atomic mass is 10.1. The van der Waals surface area contributed by atoms with E-state index in [0.717, 1.165) is 29.3 Å². The molecule has 0 aliphatic carbocycles. The predicted octanol–water partition coefficient (Wildman–Crippen LogP) is 3.91. The predicted molar refractivity (Wildman–Crippen MR) is 119 cm³/mol. The summed E-state index contributed by atoms with van der Waals surface area (Å²) in [7, 11) is 0. The molecule has 7 heteroatoms. The maximum Gasteiger partial charge on any atom is 0.155 e. The zero-order valence-electron chi connectivity index (χ0n) is 17.8. The molecule has 0 saturated heterocycles. The van der Waals surface area contributed by atoms with E-state index >= 15 is 0 Å². The molecule has 1 atom stereocenters. The fraction of sp³-hybridized carbons (Fsp3) is 0.250. The van der Waals surface area contributed by atoms with Crippen LogP contribution in [-0.4, -0.2) is 29.8 Å². The number of rotatable bonds is 4. The zero-order valence-corrected chi connectivity index (χ0v) is 17.8. The van der Waals surface area contributed by atoms with Crippen molar-refractivity contribution in [3.05, 3.63) is 83.1 Å². The lowest BCUT2D eigenvalue weighted by Gasteiger charge is -2.24. The second-order valence-electron chi connectivity index (χ2n) is 7.98. The molecule has 1 aliphatic rings. The summed E-state index contributed by atoms with van der Waals surface area (Å²) in [6.07, 6.45) is 3.63. The van der Waals surface area contributed by atoms with Crippen LogP contribution in [0.5, 0.6) is 0 Å². The molecule has 4 aromatic rings. The van der Waals surface area contributed by atoms with Gasteiger partial charge in [0.2, 0.25) is 0 Å². The first-order chi connectivity index (χ1) is 15.0. The molecule has 0 saturated carbocycles. The summed E-state index contributed by atoms with van der Waals surface area (Å²) >= 11 is 0. The molecule has 7 nitrogen and oxygen atoms in total. The van der Waals surface area contributed by atoms with Crippen molar-refractivity contribution in [3.8, 4) is 17.1 Å². The van der Waals surface area contributed by atoms with Gasteiger partial charge in [-0.25, -0.2) is 9.97 Å². The summed E-state index contributed by atoms with van der Waals surface area (Å²) in [5.74, 6) is 0.889. The average Bonchev–Trinajstić information content (AvgIpc) is 3.36. The molecule has 0 radical (unpaired) electrons. The second-order valence-corrected chi connectivity index (χ2v) is 7.98. The molecule has 31 heavy (non-hydrogen) atoms. The molecule has 0 bridgehead atoms. The largest absolute Gasteiger partial charge is 0.390 e. The van der Waals surface area contributed by atoms with Crippen molar-refractivity contribution in [1.29, 1.82) is 0 Å². The lowest BCUT2D eigenvalue weighted by Crippen LogP contribution is -2.21. The van der Waals surface area contributed by atoms with E-state index in [9.17, 15) is 5.11 Å². The number of aryl methyl sites for hydroxylation is 2. The van der Waals surface area contributed by atoms with E-state index in [-0.39, 0.29) is 12.6 Å². The smallest absolute Gasteiger partial charge is 0.155 e. The lowest BCUT2D eigenvalue weighted by molar-refractivity contribution is 0.276. The highest BCUT2D eigenvalue weighted by Gasteiger charge is 2.28. The van der Waals surface area contributed by atoms with E-state index in [1.807, 2.05) is 35.9 Å². The number of fused-ring (bicyclic) bond motifs is 1. The summed E-state index contributed by atoms with van der Waals surface area (Å²) < 4.78 is 1.87. The van der Waals surface area contributed by atoms with Gasteiger partial charge in [-0.1, -0.05) is 24.3 Å². The Bertz CT molecular complexity index is 1260. The first-order valence-electron chi connectivity index (χ1n) is 10.4. The van der Waals surface area contributed by atoms with Gasteiger partial charge in [-0.2, -0.15) is 0 Å². The van der Waals surface area contributed by atoms with Crippen molar-refractivity contribution in [3.63, 3.8) is 0 Å². The third kappa shape index (κ3) is 3.37. The van der Waals surface area contributed by atoms with Crippen molar-refractivity contribution < 1.29 is 5.11 Å². The van der Waals surface area contributed by atoms with E-state index in [1.54, 1.807) is 6.33 Å². The van der Waals surface area contributed by atoms with Gasteiger partial charge in [0.25, 0.3) is 0 Å². The standard InChI is InChI=1S/C24H24N6O/c1-15-10-21(20-8-9-23(22(13-31)26-20)29-11-16(2)25-14-29)27-28-24(15)30-12-18-6-4-5-7-19(18)17(30)3/h4-11,14,17,31H,12-13H2,1-3H3. The quantitative estimate of drug-likeness (QED) is 0.547. The van der Waals surface area contributed by atoms with Crippen molar-refractivity contribution in [2.75, 3.05) is 4.90 Å². The Kier molecular flexibility index (Phi) is 4.75. The van der Waals surface area contributed by atoms with Gasteiger partial charge >= 0.3 is 0 Å². The van der Waals surface area contributed by atoms with Crippen molar-refractivity contribution in [1.82, 2.24) is 24.7 Å². The van der Waals surface area contributed by atoms with E-state index in [0.29, 0.717) is 17.1 Å². The van der Waals surface area contributed by atoms with Crippen molar-refractivity contribution in [2.45, 2.75) is 40.0 Å². The minimum absolute atomic E-state index is 0.172. The first-order valence-corrected chi connectivity index (χ1v) is 10.4. The molecule has 1 aliphatic heterocycles.